The standard InChI is InChI=1S/C8H16O/c1-6-3-4-7(2)8(9)5-6/h6-9H,3-5H2,1-2H3/t6?,7?,8-/m1/s1. The Kier molecular flexibility index (Phi) is 2.12. The summed E-state index contributed by atoms with van der Waals surface area (Å²) >= 11 is 0. The van der Waals surface area contributed by atoms with E-state index in [-0.39, 0.29) is 6.10 Å². The molecule has 1 aliphatic carbocycles. The largest absolute Gasteiger partial charge is 0.393 e. The van der Waals surface area contributed by atoms with Gasteiger partial charge in [-0.3, -0.25) is 0 Å². The van der Waals surface area contributed by atoms with Crippen molar-refractivity contribution < 1.29 is 5.11 Å². The Labute approximate surface area is 57.1 Å². The minimum Gasteiger partial charge on any atom is -0.393 e. The van der Waals surface area contributed by atoms with Crippen LogP contribution in [0, 0.1) is 11.8 Å². The van der Waals surface area contributed by atoms with E-state index >= 15 is 0 Å². The second-order valence-corrected chi connectivity index (χ2v) is 3.46. The minimum absolute atomic E-state index is 0.0197. The van der Waals surface area contributed by atoms with Crippen LogP contribution in [0.25, 0.3) is 0 Å². The first kappa shape index (κ1) is 7.07. The molecule has 1 nitrogen and oxygen atoms in total. The molecule has 3 atom stereocenters. The molecule has 1 rings (SSSR count). The smallest absolute Gasteiger partial charge is 0.0568 e. The Hall–Kier alpha value is -0.0400. The lowest BCUT2D eigenvalue weighted by molar-refractivity contribution is 0.0577. The predicted octanol–water partition coefficient (Wildman–Crippen LogP) is 1.80. The molecule has 2 unspecified atom stereocenters. The van der Waals surface area contributed by atoms with Crippen molar-refractivity contribution in [2.75, 3.05) is 0 Å². The maximum Gasteiger partial charge on any atom is 0.0568 e. The summed E-state index contributed by atoms with van der Waals surface area (Å²) in [4.78, 5) is 0. The van der Waals surface area contributed by atoms with Gasteiger partial charge in [-0.15, -0.1) is 0 Å². The van der Waals surface area contributed by atoms with Crippen molar-refractivity contribution >= 4 is 0 Å². The van der Waals surface area contributed by atoms with Crippen LogP contribution in [0.2, 0.25) is 0 Å². The summed E-state index contributed by atoms with van der Waals surface area (Å²) in [6.45, 7) is 4.35. The molecule has 0 aliphatic heterocycles. The van der Waals surface area contributed by atoms with Crippen molar-refractivity contribution in [1.82, 2.24) is 0 Å². The van der Waals surface area contributed by atoms with Crippen LogP contribution in [0.4, 0.5) is 0 Å². The maximum atomic E-state index is 9.35. The van der Waals surface area contributed by atoms with Gasteiger partial charge in [-0.1, -0.05) is 20.3 Å². The molecule has 1 aliphatic rings. The first-order chi connectivity index (χ1) is 4.20. The van der Waals surface area contributed by atoms with Crippen LogP contribution in [0.15, 0.2) is 0 Å². The molecule has 9 heavy (non-hydrogen) atoms. The number of aliphatic hydroxyl groups excluding tert-OH is 1. The third kappa shape index (κ3) is 1.68. The molecule has 0 aromatic heterocycles. The summed E-state index contributed by atoms with van der Waals surface area (Å²) in [6.07, 6.45) is 3.51. The third-order valence-corrected chi connectivity index (χ3v) is 2.42. The van der Waals surface area contributed by atoms with Crippen LogP contribution >= 0.6 is 0 Å². The molecule has 0 spiro atoms. The molecule has 0 radical (unpaired) electrons. The van der Waals surface area contributed by atoms with Crippen LogP contribution in [-0.4, -0.2) is 11.2 Å². The lowest BCUT2D eigenvalue weighted by Gasteiger charge is -2.28. The predicted molar refractivity (Wildman–Crippen MR) is 38.2 cm³/mol. The molecule has 0 aromatic carbocycles. The second kappa shape index (κ2) is 2.70. The Morgan fingerprint density at radius 3 is 2.33 bits per heavy atom. The van der Waals surface area contributed by atoms with E-state index in [1.54, 1.807) is 0 Å². The lowest BCUT2D eigenvalue weighted by Crippen LogP contribution is -2.25. The minimum atomic E-state index is -0.0197. The second-order valence-electron chi connectivity index (χ2n) is 3.46. The SMILES string of the molecule is CC1CCC(C)[C@H](O)C1. The molecule has 1 saturated carbocycles. The molecular formula is C8H16O. The van der Waals surface area contributed by atoms with Crippen LogP contribution in [-0.2, 0) is 0 Å². The fourth-order valence-corrected chi connectivity index (χ4v) is 1.50. The molecule has 0 bridgehead atoms. The van der Waals surface area contributed by atoms with Crippen LogP contribution in [0.5, 0.6) is 0 Å². The molecule has 0 amide bonds. The maximum absolute atomic E-state index is 9.35. The highest BCUT2D eigenvalue weighted by atomic mass is 16.3. The van der Waals surface area contributed by atoms with Crippen molar-refractivity contribution in [1.29, 1.82) is 0 Å². The zero-order valence-corrected chi connectivity index (χ0v) is 6.30. The van der Waals surface area contributed by atoms with Gasteiger partial charge >= 0.3 is 0 Å². The average Bonchev–Trinajstić information content (AvgIpc) is 1.80. The van der Waals surface area contributed by atoms with Gasteiger partial charge in [0.05, 0.1) is 6.10 Å². The van der Waals surface area contributed by atoms with Crippen LogP contribution < -0.4 is 0 Å². The van der Waals surface area contributed by atoms with E-state index < -0.39 is 0 Å². The zero-order valence-electron chi connectivity index (χ0n) is 6.30. The highest BCUT2D eigenvalue weighted by molar-refractivity contribution is 4.74. The number of rotatable bonds is 0. The Balaban J connectivity index is 2.35. The fourth-order valence-electron chi connectivity index (χ4n) is 1.50. The van der Waals surface area contributed by atoms with Crippen molar-refractivity contribution in [2.45, 2.75) is 39.2 Å². The Morgan fingerprint density at radius 1 is 1.22 bits per heavy atom. The van der Waals surface area contributed by atoms with Gasteiger partial charge in [0.2, 0.25) is 0 Å². The summed E-state index contributed by atoms with van der Waals surface area (Å²) in [5.74, 6) is 1.29. The molecule has 1 heteroatoms. The normalized spacial score (nSPS) is 45.0. The van der Waals surface area contributed by atoms with Crippen molar-refractivity contribution in [3.63, 3.8) is 0 Å². The van der Waals surface area contributed by atoms with E-state index in [4.69, 9.17) is 0 Å². The Morgan fingerprint density at radius 2 is 1.89 bits per heavy atom. The van der Waals surface area contributed by atoms with Gasteiger partial charge in [0.15, 0.2) is 0 Å². The molecule has 1 N–H and O–H groups in total. The summed E-state index contributed by atoms with van der Waals surface area (Å²) in [6, 6.07) is 0. The van der Waals surface area contributed by atoms with Gasteiger partial charge in [-0.05, 0) is 24.7 Å². The molecule has 54 valence electrons. The summed E-state index contributed by atoms with van der Waals surface area (Å²) in [7, 11) is 0. The van der Waals surface area contributed by atoms with E-state index in [9.17, 15) is 5.11 Å². The number of aliphatic hydroxyl groups is 1. The highest BCUT2D eigenvalue weighted by Gasteiger charge is 2.22. The van der Waals surface area contributed by atoms with E-state index in [2.05, 4.69) is 13.8 Å². The number of hydrogen-bond donors (Lipinski definition) is 1. The zero-order chi connectivity index (χ0) is 6.85. The van der Waals surface area contributed by atoms with Crippen LogP contribution in [0.1, 0.15) is 33.1 Å². The molecule has 0 saturated heterocycles. The summed E-state index contributed by atoms with van der Waals surface area (Å²) < 4.78 is 0. The van der Waals surface area contributed by atoms with Crippen molar-refractivity contribution in [3.8, 4) is 0 Å². The van der Waals surface area contributed by atoms with Gasteiger partial charge in [-0.25, -0.2) is 0 Å². The quantitative estimate of drug-likeness (QED) is 0.527. The van der Waals surface area contributed by atoms with Gasteiger partial charge in [0.1, 0.15) is 0 Å². The van der Waals surface area contributed by atoms with Gasteiger partial charge in [0.25, 0.3) is 0 Å². The third-order valence-electron chi connectivity index (χ3n) is 2.42. The van der Waals surface area contributed by atoms with E-state index in [0.717, 1.165) is 12.3 Å². The van der Waals surface area contributed by atoms with Crippen LogP contribution in [0.3, 0.4) is 0 Å². The molecule has 0 aromatic rings. The summed E-state index contributed by atoms with van der Waals surface area (Å²) in [5.41, 5.74) is 0. The van der Waals surface area contributed by atoms with Crippen molar-refractivity contribution in [3.05, 3.63) is 0 Å². The fraction of sp³-hybridized carbons (Fsp3) is 1.00. The first-order valence-electron chi connectivity index (χ1n) is 3.88. The number of hydrogen-bond acceptors (Lipinski definition) is 1. The topological polar surface area (TPSA) is 20.2 Å². The van der Waals surface area contributed by atoms with Gasteiger partial charge < -0.3 is 5.11 Å². The Bertz CT molecular complexity index is 90.6. The monoisotopic (exact) mass is 128 g/mol. The summed E-state index contributed by atoms with van der Waals surface area (Å²) in [5, 5.41) is 9.35. The molecule has 0 heterocycles. The average molecular weight is 128 g/mol. The van der Waals surface area contributed by atoms with E-state index in [1.807, 2.05) is 0 Å². The highest BCUT2D eigenvalue weighted by Crippen LogP contribution is 2.27. The van der Waals surface area contributed by atoms with Crippen molar-refractivity contribution in [2.24, 2.45) is 11.8 Å². The molecule has 1 fully saturated rings. The molecular weight excluding hydrogens is 112 g/mol. The van der Waals surface area contributed by atoms with Gasteiger partial charge in [0, 0.05) is 0 Å². The van der Waals surface area contributed by atoms with Gasteiger partial charge in [-0.2, -0.15) is 0 Å². The van der Waals surface area contributed by atoms with E-state index in [1.165, 1.54) is 12.8 Å². The first-order valence-corrected chi connectivity index (χ1v) is 3.88. The lowest BCUT2D eigenvalue weighted by atomic mass is 9.82. The van der Waals surface area contributed by atoms with E-state index in [0.29, 0.717) is 5.92 Å².